The van der Waals surface area contributed by atoms with Gasteiger partial charge in [-0.2, -0.15) is 11.3 Å². The lowest BCUT2D eigenvalue weighted by atomic mass is 9.76. The molecule has 0 saturated heterocycles. The highest BCUT2D eigenvalue weighted by Gasteiger charge is 2.29. The van der Waals surface area contributed by atoms with Gasteiger partial charge in [-0.3, -0.25) is 0 Å². The molecule has 1 aromatic heterocycles. The molecule has 0 radical (unpaired) electrons. The fourth-order valence-corrected chi connectivity index (χ4v) is 3.43. The minimum absolute atomic E-state index is 0.414. The predicted molar refractivity (Wildman–Crippen MR) is 67.2 cm³/mol. The summed E-state index contributed by atoms with van der Waals surface area (Å²) >= 11 is 1.80. The Hall–Kier alpha value is -0.340. The summed E-state index contributed by atoms with van der Waals surface area (Å²) in [7, 11) is 0. The smallest absolute Gasteiger partial charge is 0.00173 e. The number of thiophene rings is 1. The van der Waals surface area contributed by atoms with Gasteiger partial charge in [0.2, 0.25) is 0 Å². The molecule has 15 heavy (non-hydrogen) atoms. The molecule has 1 fully saturated rings. The number of hydrogen-bond acceptors (Lipinski definition) is 2. The first-order valence-electron chi connectivity index (χ1n) is 6.06. The van der Waals surface area contributed by atoms with Crippen molar-refractivity contribution in [1.82, 2.24) is 0 Å². The zero-order valence-corrected chi connectivity index (χ0v) is 10.2. The van der Waals surface area contributed by atoms with Crippen molar-refractivity contribution in [2.45, 2.75) is 44.9 Å². The molecule has 0 amide bonds. The highest BCUT2D eigenvalue weighted by molar-refractivity contribution is 7.07. The van der Waals surface area contributed by atoms with Gasteiger partial charge in [0.15, 0.2) is 0 Å². The van der Waals surface area contributed by atoms with Gasteiger partial charge in [0, 0.05) is 0 Å². The van der Waals surface area contributed by atoms with E-state index in [0.717, 1.165) is 6.54 Å². The van der Waals surface area contributed by atoms with Crippen molar-refractivity contribution in [1.29, 1.82) is 0 Å². The van der Waals surface area contributed by atoms with Gasteiger partial charge in [0.05, 0.1) is 0 Å². The van der Waals surface area contributed by atoms with E-state index in [2.05, 4.69) is 16.8 Å². The molecule has 1 aliphatic carbocycles. The molecule has 0 aromatic carbocycles. The fourth-order valence-electron chi connectivity index (χ4n) is 2.76. The van der Waals surface area contributed by atoms with Gasteiger partial charge in [0.1, 0.15) is 0 Å². The highest BCUT2D eigenvalue weighted by Crippen LogP contribution is 2.37. The summed E-state index contributed by atoms with van der Waals surface area (Å²) in [6.45, 7) is 0.864. The van der Waals surface area contributed by atoms with Crippen molar-refractivity contribution in [2.24, 2.45) is 11.1 Å². The van der Waals surface area contributed by atoms with Gasteiger partial charge < -0.3 is 5.73 Å². The second-order valence-electron chi connectivity index (χ2n) is 4.93. The monoisotopic (exact) mass is 223 g/mol. The van der Waals surface area contributed by atoms with E-state index in [1.807, 2.05) is 0 Å². The van der Waals surface area contributed by atoms with Crippen LogP contribution >= 0.6 is 11.3 Å². The maximum atomic E-state index is 6.03. The molecule has 1 aliphatic rings. The van der Waals surface area contributed by atoms with Crippen molar-refractivity contribution in [3.05, 3.63) is 22.4 Å². The van der Waals surface area contributed by atoms with Crippen LogP contribution in [0, 0.1) is 5.41 Å². The van der Waals surface area contributed by atoms with Crippen LogP contribution in [0.2, 0.25) is 0 Å². The summed E-state index contributed by atoms with van der Waals surface area (Å²) < 4.78 is 0. The maximum Gasteiger partial charge on any atom is -0.00173 e. The molecule has 0 bridgehead atoms. The van der Waals surface area contributed by atoms with Crippen LogP contribution in [0.5, 0.6) is 0 Å². The summed E-state index contributed by atoms with van der Waals surface area (Å²) in [5, 5.41) is 4.46. The molecule has 0 spiro atoms. The van der Waals surface area contributed by atoms with Gasteiger partial charge in [-0.25, -0.2) is 0 Å². The molecule has 0 unspecified atom stereocenters. The Bertz CT molecular complexity index is 271. The summed E-state index contributed by atoms with van der Waals surface area (Å²) in [5.41, 5.74) is 7.93. The molecule has 1 heterocycles. The largest absolute Gasteiger partial charge is 0.330 e. The molecule has 2 N–H and O–H groups in total. The third-order valence-electron chi connectivity index (χ3n) is 3.76. The first-order chi connectivity index (χ1) is 7.35. The normalized spacial score (nSPS) is 21.1. The van der Waals surface area contributed by atoms with Gasteiger partial charge in [-0.15, -0.1) is 0 Å². The summed E-state index contributed by atoms with van der Waals surface area (Å²) in [6.07, 6.45) is 9.44. The van der Waals surface area contributed by atoms with Crippen LogP contribution in [-0.2, 0) is 6.42 Å². The van der Waals surface area contributed by atoms with E-state index in [-0.39, 0.29) is 0 Å². The average Bonchev–Trinajstić information content (AvgIpc) is 2.64. The zero-order valence-electron chi connectivity index (χ0n) is 9.37. The Morgan fingerprint density at radius 2 is 1.93 bits per heavy atom. The van der Waals surface area contributed by atoms with Crippen molar-refractivity contribution < 1.29 is 0 Å². The Morgan fingerprint density at radius 1 is 1.20 bits per heavy atom. The summed E-state index contributed by atoms with van der Waals surface area (Å²) in [5.74, 6) is 0. The molecule has 0 aliphatic heterocycles. The van der Waals surface area contributed by atoms with Crippen molar-refractivity contribution in [3.8, 4) is 0 Å². The van der Waals surface area contributed by atoms with E-state index < -0.39 is 0 Å². The van der Waals surface area contributed by atoms with Gasteiger partial charge in [-0.05, 0) is 53.6 Å². The Morgan fingerprint density at radius 3 is 2.47 bits per heavy atom. The molecule has 1 saturated carbocycles. The standard InChI is InChI=1S/C13H21NS/c14-11-13(6-3-1-2-4-7-13)9-12-5-8-15-10-12/h5,8,10H,1-4,6-7,9,11,14H2. The van der Waals surface area contributed by atoms with Crippen LogP contribution in [0.15, 0.2) is 16.8 Å². The van der Waals surface area contributed by atoms with E-state index in [1.54, 1.807) is 11.3 Å². The number of nitrogens with two attached hydrogens (primary N) is 1. The van der Waals surface area contributed by atoms with Crippen LogP contribution in [0.3, 0.4) is 0 Å². The highest BCUT2D eigenvalue weighted by atomic mass is 32.1. The zero-order chi connectivity index (χ0) is 10.6. The third kappa shape index (κ3) is 2.82. The fraction of sp³-hybridized carbons (Fsp3) is 0.692. The molecule has 2 heteroatoms. The molecular weight excluding hydrogens is 202 g/mol. The molecule has 84 valence electrons. The minimum Gasteiger partial charge on any atom is -0.330 e. The Balaban J connectivity index is 2.05. The van der Waals surface area contributed by atoms with E-state index in [1.165, 1.54) is 50.5 Å². The lowest BCUT2D eigenvalue weighted by Crippen LogP contribution is -2.32. The molecule has 1 aromatic rings. The lowest BCUT2D eigenvalue weighted by molar-refractivity contribution is 0.253. The van der Waals surface area contributed by atoms with E-state index in [4.69, 9.17) is 5.73 Å². The van der Waals surface area contributed by atoms with Gasteiger partial charge in [-0.1, -0.05) is 25.7 Å². The first kappa shape index (κ1) is 11.2. The van der Waals surface area contributed by atoms with Gasteiger partial charge >= 0.3 is 0 Å². The van der Waals surface area contributed by atoms with Crippen LogP contribution < -0.4 is 5.73 Å². The lowest BCUT2D eigenvalue weighted by Gasteiger charge is -2.31. The molecular formula is C13H21NS. The van der Waals surface area contributed by atoms with E-state index in [9.17, 15) is 0 Å². The van der Waals surface area contributed by atoms with E-state index in [0.29, 0.717) is 5.41 Å². The molecule has 0 atom stereocenters. The van der Waals surface area contributed by atoms with E-state index >= 15 is 0 Å². The van der Waals surface area contributed by atoms with Crippen LogP contribution in [0.4, 0.5) is 0 Å². The van der Waals surface area contributed by atoms with Crippen LogP contribution in [-0.4, -0.2) is 6.54 Å². The molecule has 2 rings (SSSR count). The second-order valence-corrected chi connectivity index (χ2v) is 5.71. The first-order valence-corrected chi connectivity index (χ1v) is 7.00. The van der Waals surface area contributed by atoms with Crippen LogP contribution in [0.25, 0.3) is 0 Å². The topological polar surface area (TPSA) is 26.0 Å². The third-order valence-corrected chi connectivity index (χ3v) is 4.49. The number of rotatable bonds is 3. The van der Waals surface area contributed by atoms with Crippen molar-refractivity contribution in [3.63, 3.8) is 0 Å². The molecule has 1 nitrogen and oxygen atoms in total. The second kappa shape index (κ2) is 5.13. The average molecular weight is 223 g/mol. The van der Waals surface area contributed by atoms with Crippen LogP contribution in [0.1, 0.15) is 44.1 Å². The predicted octanol–water partition coefficient (Wildman–Crippen LogP) is 3.59. The van der Waals surface area contributed by atoms with Crippen molar-refractivity contribution in [2.75, 3.05) is 6.54 Å². The Labute approximate surface area is 96.7 Å². The minimum atomic E-state index is 0.414. The maximum absolute atomic E-state index is 6.03. The quantitative estimate of drug-likeness (QED) is 0.779. The van der Waals surface area contributed by atoms with Crippen molar-refractivity contribution >= 4 is 11.3 Å². The summed E-state index contributed by atoms with van der Waals surface area (Å²) in [4.78, 5) is 0. The van der Waals surface area contributed by atoms with Gasteiger partial charge in [0.25, 0.3) is 0 Å². The Kier molecular flexibility index (Phi) is 3.81. The summed E-state index contributed by atoms with van der Waals surface area (Å²) in [6, 6.07) is 2.26. The SMILES string of the molecule is NCC1(Cc2ccsc2)CCCCCC1. The number of hydrogen-bond donors (Lipinski definition) is 1.